The lowest BCUT2D eigenvalue weighted by atomic mass is 10.1. The van der Waals surface area contributed by atoms with Crippen LogP contribution in [0.5, 0.6) is 0 Å². The number of carbonyl (C=O) groups is 1. The summed E-state index contributed by atoms with van der Waals surface area (Å²) in [6.07, 6.45) is 4.84. The van der Waals surface area contributed by atoms with Crippen LogP contribution in [0, 0.1) is 0 Å². The Morgan fingerprint density at radius 2 is 1.96 bits per heavy atom. The topological polar surface area (TPSA) is 64.7 Å². The summed E-state index contributed by atoms with van der Waals surface area (Å²) in [6, 6.07) is 5.28. The van der Waals surface area contributed by atoms with Gasteiger partial charge in [-0.15, -0.1) is 0 Å². The number of hydrogen-bond acceptors (Lipinski definition) is 3. The van der Waals surface area contributed by atoms with E-state index in [0.717, 1.165) is 5.56 Å². The Balaban J connectivity index is 1.77. The zero-order valence-electron chi connectivity index (χ0n) is 14.4. The van der Waals surface area contributed by atoms with Gasteiger partial charge in [-0.3, -0.25) is 14.2 Å². The monoisotopic (exact) mass is 489 g/mol. The summed E-state index contributed by atoms with van der Waals surface area (Å²) in [4.78, 5) is 12.7. The third-order valence-corrected chi connectivity index (χ3v) is 5.34. The van der Waals surface area contributed by atoms with Crippen LogP contribution < -0.4 is 5.32 Å². The van der Waals surface area contributed by atoms with Crippen molar-refractivity contribution in [2.24, 2.45) is 0 Å². The number of amides is 1. The van der Waals surface area contributed by atoms with Crippen LogP contribution in [-0.2, 0) is 16.9 Å². The van der Waals surface area contributed by atoms with Gasteiger partial charge >= 0.3 is 0 Å². The van der Waals surface area contributed by atoms with Gasteiger partial charge in [0, 0.05) is 22.4 Å². The minimum atomic E-state index is -0.949. The zero-order chi connectivity index (χ0) is 19.8. The molecule has 1 N–H and O–H groups in total. The second-order valence-corrected chi connectivity index (χ2v) is 8.51. The molecule has 3 aromatic rings. The summed E-state index contributed by atoms with van der Waals surface area (Å²) in [5.74, 6) is 0.120. The van der Waals surface area contributed by atoms with Crippen molar-refractivity contribution in [3.63, 3.8) is 0 Å². The van der Waals surface area contributed by atoms with Crippen LogP contribution >= 0.6 is 50.7 Å². The number of benzene rings is 1. The minimum Gasteiger partial charge on any atom is -0.306 e. The molecule has 0 saturated carbocycles. The van der Waals surface area contributed by atoms with Gasteiger partial charge < -0.3 is 5.32 Å². The lowest BCUT2D eigenvalue weighted by Crippen LogP contribution is -2.40. The van der Waals surface area contributed by atoms with Crippen LogP contribution in [0.15, 0.2) is 41.3 Å². The normalized spacial score (nSPS) is 11.6. The quantitative estimate of drug-likeness (QED) is 0.532. The van der Waals surface area contributed by atoms with E-state index in [1.165, 1.54) is 10.9 Å². The molecule has 6 nitrogen and oxygen atoms in total. The van der Waals surface area contributed by atoms with Crippen molar-refractivity contribution in [2.75, 3.05) is 5.32 Å². The van der Waals surface area contributed by atoms with E-state index < -0.39 is 5.54 Å². The largest absolute Gasteiger partial charge is 0.306 e. The summed E-state index contributed by atoms with van der Waals surface area (Å²) >= 11 is 21.5. The predicted octanol–water partition coefficient (Wildman–Crippen LogP) is 5.22. The van der Waals surface area contributed by atoms with Gasteiger partial charge in [0.05, 0.1) is 22.2 Å². The Morgan fingerprint density at radius 3 is 2.59 bits per heavy atom. The Bertz CT molecular complexity index is 998. The zero-order valence-corrected chi connectivity index (χ0v) is 18.2. The first-order valence-electron chi connectivity index (χ1n) is 7.86. The second-order valence-electron chi connectivity index (χ2n) is 6.38. The average molecular weight is 492 g/mol. The summed E-state index contributed by atoms with van der Waals surface area (Å²) in [6.45, 7) is 3.91. The van der Waals surface area contributed by atoms with E-state index in [9.17, 15) is 4.79 Å². The molecule has 27 heavy (non-hydrogen) atoms. The first kappa shape index (κ1) is 20.2. The van der Waals surface area contributed by atoms with Crippen molar-refractivity contribution >= 4 is 62.5 Å². The molecule has 0 unspecified atom stereocenters. The molecule has 0 bridgehead atoms. The van der Waals surface area contributed by atoms with Crippen LogP contribution in [-0.4, -0.2) is 25.5 Å². The van der Waals surface area contributed by atoms with E-state index in [1.54, 1.807) is 43.1 Å². The fourth-order valence-corrected chi connectivity index (χ4v) is 3.38. The summed E-state index contributed by atoms with van der Waals surface area (Å²) < 4.78 is 3.82. The van der Waals surface area contributed by atoms with Gasteiger partial charge in [-0.25, -0.2) is 0 Å². The number of hydrogen-bond donors (Lipinski definition) is 1. The molecule has 0 saturated heterocycles. The molecule has 0 aliphatic carbocycles. The van der Waals surface area contributed by atoms with Crippen LogP contribution in [0.2, 0.25) is 15.1 Å². The molecule has 10 heteroatoms. The van der Waals surface area contributed by atoms with Crippen molar-refractivity contribution < 1.29 is 4.79 Å². The van der Waals surface area contributed by atoms with E-state index in [2.05, 4.69) is 31.4 Å². The number of aromatic nitrogens is 4. The first-order chi connectivity index (χ1) is 12.7. The fourth-order valence-electron chi connectivity index (χ4n) is 2.36. The number of nitrogens with zero attached hydrogens (tertiary/aromatic N) is 4. The summed E-state index contributed by atoms with van der Waals surface area (Å²) in [5, 5.41) is 12.9. The molecule has 1 amide bonds. The van der Waals surface area contributed by atoms with Crippen molar-refractivity contribution in [2.45, 2.75) is 25.9 Å². The van der Waals surface area contributed by atoms with E-state index >= 15 is 0 Å². The van der Waals surface area contributed by atoms with Gasteiger partial charge in [0.1, 0.15) is 5.54 Å². The van der Waals surface area contributed by atoms with Gasteiger partial charge in [0.15, 0.2) is 5.82 Å². The lowest BCUT2D eigenvalue weighted by Gasteiger charge is -2.23. The molecule has 142 valence electrons. The molecule has 3 rings (SSSR count). The van der Waals surface area contributed by atoms with Gasteiger partial charge in [-0.1, -0.05) is 40.9 Å². The maximum absolute atomic E-state index is 12.7. The van der Waals surface area contributed by atoms with Gasteiger partial charge in [0.2, 0.25) is 0 Å². The second kappa shape index (κ2) is 7.83. The maximum Gasteiger partial charge on any atom is 0.253 e. The first-order valence-corrected chi connectivity index (χ1v) is 9.78. The Morgan fingerprint density at radius 1 is 1.22 bits per heavy atom. The number of carbonyl (C=O) groups excluding carboxylic acids is 1. The van der Waals surface area contributed by atoms with E-state index in [0.29, 0.717) is 31.9 Å². The van der Waals surface area contributed by atoms with E-state index in [4.69, 9.17) is 34.8 Å². The standard InChI is InChI=1S/C17H15BrCl3N5O/c1-17(2,26-8-12(20)6-22-26)16(27)23-15-13(18)9-25(24-15)7-10-3-4-11(19)5-14(10)21/h3-6,8-9H,7H2,1-2H3,(H,23,24,27). The molecule has 0 atom stereocenters. The summed E-state index contributed by atoms with van der Waals surface area (Å²) in [5.41, 5.74) is -0.0870. The van der Waals surface area contributed by atoms with Crippen LogP contribution in [0.1, 0.15) is 19.4 Å². The Kier molecular flexibility index (Phi) is 5.86. The Labute approximate surface area is 179 Å². The highest BCUT2D eigenvalue weighted by Crippen LogP contribution is 2.26. The third-order valence-electron chi connectivity index (χ3n) is 3.98. The molecule has 2 aromatic heterocycles. The molecule has 0 spiro atoms. The third kappa shape index (κ3) is 4.48. The fraction of sp³-hybridized carbons (Fsp3) is 0.235. The van der Waals surface area contributed by atoms with Crippen molar-refractivity contribution in [3.05, 3.63) is 61.9 Å². The van der Waals surface area contributed by atoms with Crippen LogP contribution in [0.4, 0.5) is 5.82 Å². The van der Waals surface area contributed by atoms with Gasteiger partial charge in [0.25, 0.3) is 5.91 Å². The van der Waals surface area contributed by atoms with Crippen molar-refractivity contribution in [3.8, 4) is 0 Å². The average Bonchev–Trinajstić information content (AvgIpc) is 3.17. The number of nitrogens with one attached hydrogen (secondary N) is 1. The molecular formula is C17H15BrCl3N5O. The molecule has 0 fully saturated rings. The highest BCUT2D eigenvalue weighted by molar-refractivity contribution is 9.10. The molecule has 0 aliphatic rings. The minimum absolute atomic E-state index is 0.280. The SMILES string of the molecule is CC(C)(C(=O)Nc1nn(Cc2ccc(Cl)cc2Cl)cc1Br)n1cc(Cl)cn1. The molecular weight excluding hydrogens is 476 g/mol. The van der Waals surface area contributed by atoms with Gasteiger partial charge in [-0.2, -0.15) is 10.2 Å². The number of halogens is 4. The van der Waals surface area contributed by atoms with Crippen LogP contribution in [0.3, 0.4) is 0 Å². The highest BCUT2D eigenvalue weighted by Gasteiger charge is 2.31. The van der Waals surface area contributed by atoms with Crippen molar-refractivity contribution in [1.82, 2.24) is 19.6 Å². The summed E-state index contributed by atoms with van der Waals surface area (Å²) in [7, 11) is 0. The smallest absolute Gasteiger partial charge is 0.253 e. The molecule has 1 aromatic carbocycles. The maximum atomic E-state index is 12.7. The van der Waals surface area contributed by atoms with E-state index in [-0.39, 0.29) is 5.91 Å². The highest BCUT2D eigenvalue weighted by atomic mass is 79.9. The number of rotatable bonds is 5. The Hall–Kier alpha value is -1.54. The van der Waals surface area contributed by atoms with E-state index in [1.807, 2.05) is 6.07 Å². The van der Waals surface area contributed by atoms with Crippen molar-refractivity contribution in [1.29, 1.82) is 0 Å². The van der Waals surface area contributed by atoms with Crippen LogP contribution in [0.25, 0.3) is 0 Å². The predicted molar refractivity (Wildman–Crippen MR) is 111 cm³/mol. The van der Waals surface area contributed by atoms with Gasteiger partial charge in [-0.05, 0) is 47.5 Å². The molecule has 0 aliphatic heterocycles. The number of anilines is 1. The molecule has 0 radical (unpaired) electrons. The molecule has 2 heterocycles. The lowest BCUT2D eigenvalue weighted by molar-refractivity contribution is -0.123.